The Kier molecular flexibility index (Phi) is 9.07. The minimum absolute atomic E-state index is 0. The molecule has 3 heterocycles. The van der Waals surface area contributed by atoms with Crippen molar-refractivity contribution in [1.82, 2.24) is 20.6 Å². The van der Waals surface area contributed by atoms with Crippen LogP contribution >= 0.6 is 24.0 Å². The number of hydrogen-bond acceptors (Lipinski definition) is 5. The van der Waals surface area contributed by atoms with Gasteiger partial charge in [-0.2, -0.15) is 13.2 Å². The Bertz CT molecular complexity index is 865. The molecule has 170 valence electrons. The van der Waals surface area contributed by atoms with Crippen molar-refractivity contribution in [2.75, 3.05) is 31.6 Å². The lowest BCUT2D eigenvalue weighted by molar-refractivity contribution is -0.154. The number of aromatic nitrogens is 2. The SMILES string of the molecule is CN=C(NCc1ccc(OCC(F)(F)F)nc1)NC1CCN(c2ncccc2F)C1.I. The van der Waals surface area contributed by atoms with Gasteiger partial charge in [0.15, 0.2) is 24.2 Å². The molecule has 12 heteroatoms. The van der Waals surface area contributed by atoms with Crippen LogP contribution in [0.3, 0.4) is 0 Å². The minimum Gasteiger partial charge on any atom is -0.468 e. The fraction of sp³-hybridized carbons (Fsp3) is 0.421. The average molecular weight is 554 g/mol. The number of halogens is 5. The van der Waals surface area contributed by atoms with Gasteiger partial charge in [0.2, 0.25) is 5.88 Å². The third-order valence-electron chi connectivity index (χ3n) is 4.43. The summed E-state index contributed by atoms with van der Waals surface area (Å²) >= 11 is 0. The molecule has 0 aliphatic carbocycles. The zero-order valence-corrected chi connectivity index (χ0v) is 19.0. The van der Waals surface area contributed by atoms with Crippen LogP contribution in [-0.4, -0.2) is 54.9 Å². The summed E-state index contributed by atoms with van der Waals surface area (Å²) in [5.74, 6) is 0.451. The van der Waals surface area contributed by atoms with Crippen LogP contribution < -0.4 is 20.3 Å². The molecule has 1 saturated heterocycles. The van der Waals surface area contributed by atoms with Crippen molar-refractivity contribution in [3.8, 4) is 5.88 Å². The first-order valence-corrected chi connectivity index (χ1v) is 9.31. The Labute approximate surface area is 194 Å². The standard InChI is InChI=1S/C19H22F4N6O.HI/c1-24-18(27-10-13-4-5-16(26-9-13)30-12-19(21,22)23)28-14-6-8-29(11-14)17-15(20)3-2-7-25-17;/h2-5,7,9,14H,6,8,10-12H2,1H3,(H2,24,27,28);1H. The van der Waals surface area contributed by atoms with E-state index < -0.39 is 12.8 Å². The quantitative estimate of drug-likeness (QED) is 0.248. The minimum atomic E-state index is -4.40. The van der Waals surface area contributed by atoms with Gasteiger partial charge in [-0.05, 0) is 24.1 Å². The first kappa shape index (κ1) is 24.9. The molecule has 2 aromatic heterocycles. The topological polar surface area (TPSA) is 74.7 Å². The number of guanidine groups is 1. The molecule has 1 aliphatic heterocycles. The Morgan fingerprint density at radius 2 is 2.10 bits per heavy atom. The Morgan fingerprint density at radius 3 is 2.74 bits per heavy atom. The summed E-state index contributed by atoms with van der Waals surface area (Å²) in [6, 6.07) is 6.01. The van der Waals surface area contributed by atoms with Crippen LogP contribution in [-0.2, 0) is 6.54 Å². The molecule has 0 saturated carbocycles. The van der Waals surface area contributed by atoms with Gasteiger partial charge in [-0.3, -0.25) is 4.99 Å². The lowest BCUT2D eigenvalue weighted by Crippen LogP contribution is -2.44. The van der Waals surface area contributed by atoms with Gasteiger partial charge < -0.3 is 20.3 Å². The third-order valence-corrected chi connectivity index (χ3v) is 4.43. The Hall–Kier alpha value is -2.38. The number of nitrogens with one attached hydrogen (secondary N) is 2. The van der Waals surface area contributed by atoms with Gasteiger partial charge in [-0.1, -0.05) is 6.07 Å². The second-order valence-electron chi connectivity index (χ2n) is 6.72. The van der Waals surface area contributed by atoms with Crippen molar-refractivity contribution in [2.24, 2.45) is 4.99 Å². The molecule has 2 aromatic rings. The maximum Gasteiger partial charge on any atom is 0.422 e. The van der Waals surface area contributed by atoms with Gasteiger partial charge in [0.05, 0.1) is 0 Å². The van der Waals surface area contributed by atoms with Crippen molar-refractivity contribution in [3.63, 3.8) is 0 Å². The van der Waals surface area contributed by atoms with Crippen molar-refractivity contribution < 1.29 is 22.3 Å². The lowest BCUT2D eigenvalue weighted by atomic mass is 10.2. The van der Waals surface area contributed by atoms with Crippen LogP contribution in [0.4, 0.5) is 23.4 Å². The van der Waals surface area contributed by atoms with Gasteiger partial charge in [0.25, 0.3) is 0 Å². The van der Waals surface area contributed by atoms with E-state index in [2.05, 4.69) is 30.3 Å². The molecular formula is C19H23F4IN6O. The summed E-state index contributed by atoms with van der Waals surface area (Å²) in [5.41, 5.74) is 0.751. The van der Waals surface area contributed by atoms with Crippen LogP contribution in [0.2, 0.25) is 0 Å². The molecule has 1 aliphatic rings. The number of nitrogens with zero attached hydrogens (tertiary/aromatic N) is 4. The zero-order valence-electron chi connectivity index (χ0n) is 16.7. The van der Waals surface area contributed by atoms with Crippen LogP contribution in [0.5, 0.6) is 5.88 Å². The highest BCUT2D eigenvalue weighted by molar-refractivity contribution is 14.0. The normalized spacial score (nSPS) is 16.6. The first-order chi connectivity index (χ1) is 14.3. The summed E-state index contributed by atoms with van der Waals surface area (Å²) in [5, 5.41) is 6.40. The van der Waals surface area contributed by atoms with Crippen LogP contribution in [0.15, 0.2) is 41.7 Å². The monoisotopic (exact) mass is 554 g/mol. The third kappa shape index (κ3) is 7.67. The molecule has 0 bridgehead atoms. The first-order valence-electron chi connectivity index (χ1n) is 9.31. The van der Waals surface area contributed by atoms with Gasteiger partial charge in [-0.15, -0.1) is 24.0 Å². The van der Waals surface area contributed by atoms with Gasteiger partial charge in [0, 0.05) is 51.2 Å². The summed E-state index contributed by atoms with van der Waals surface area (Å²) in [7, 11) is 1.63. The van der Waals surface area contributed by atoms with Crippen molar-refractivity contribution in [1.29, 1.82) is 0 Å². The van der Waals surface area contributed by atoms with E-state index in [-0.39, 0.29) is 41.7 Å². The van der Waals surface area contributed by atoms with E-state index in [9.17, 15) is 17.6 Å². The van der Waals surface area contributed by atoms with Crippen molar-refractivity contribution >= 4 is 35.8 Å². The number of hydrogen-bond donors (Lipinski definition) is 2. The molecule has 31 heavy (non-hydrogen) atoms. The summed E-state index contributed by atoms with van der Waals surface area (Å²) < 4.78 is 55.0. The number of pyridine rings is 2. The highest BCUT2D eigenvalue weighted by Crippen LogP contribution is 2.21. The number of aliphatic imine (C=N–C) groups is 1. The van der Waals surface area contributed by atoms with E-state index in [1.807, 2.05) is 4.90 Å². The molecule has 0 spiro atoms. The van der Waals surface area contributed by atoms with Crippen molar-refractivity contribution in [3.05, 3.63) is 48.0 Å². The van der Waals surface area contributed by atoms with E-state index in [4.69, 9.17) is 0 Å². The Balaban J connectivity index is 0.00000341. The predicted molar refractivity (Wildman–Crippen MR) is 119 cm³/mol. The highest BCUT2D eigenvalue weighted by Gasteiger charge is 2.28. The average Bonchev–Trinajstić information content (AvgIpc) is 3.18. The second kappa shape index (κ2) is 11.3. The maximum atomic E-state index is 13.9. The van der Waals surface area contributed by atoms with E-state index >= 15 is 0 Å². The molecular weight excluding hydrogens is 531 g/mol. The smallest absolute Gasteiger partial charge is 0.422 e. The lowest BCUT2D eigenvalue weighted by Gasteiger charge is -2.20. The highest BCUT2D eigenvalue weighted by atomic mass is 127. The summed E-state index contributed by atoms with van der Waals surface area (Å²) in [6.45, 7) is 0.250. The molecule has 0 amide bonds. The van der Waals surface area contributed by atoms with E-state index in [1.54, 1.807) is 25.4 Å². The van der Waals surface area contributed by atoms with Crippen LogP contribution in [0.25, 0.3) is 0 Å². The van der Waals surface area contributed by atoms with Gasteiger partial charge in [0.1, 0.15) is 0 Å². The number of anilines is 1. The molecule has 7 nitrogen and oxygen atoms in total. The molecule has 0 radical (unpaired) electrons. The molecule has 1 fully saturated rings. The molecule has 2 N–H and O–H groups in total. The number of rotatable bonds is 6. The van der Waals surface area contributed by atoms with Gasteiger partial charge in [-0.25, -0.2) is 14.4 Å². The fourth-order valence-electron chi connectivity index (χ4n) is 3.01. The summed E-state index contributed by atoms with van der Waals surface area (Å²) in [6.07, 6.45) is -0.609. The second-order valence-corrected chi connectivity index (χ2v) is 6.72. The molecule has 0 aromatic carbocycles. The molecule has 3 rings (SSSR count). The van der Waals surface area contributed by atoms with E-state index in [0.717, 1.165) is 12.0 Å². The zero-order chi connectivity index (χ0) is 21.6. The van der Waals surface area contributed by atoms with Crippen LogP contribution in [0.1, 0.15) is 12.0 Å². The largest absolute Gasteiger partial charge is 0.468 e. The van der Waals surface area contributed by atoms with Gasteiger partial charge >= 0.3 is 6.18 Å². The summed E-state index contributed by atoms with van der Waals surface area (Å²) in [4.78, 5) is 14.0. The Morgan fingerprint density at radius 1 is 1.29 bits per heavy atom. The van der Waals surface area contributed by atoms with E-state index in [1.165, 1.54) is 18.3 Å². The van der Waals surface area contributed by atoms with Crippen molar-refractivity contribution in [2.45, 2.75) is 25.2 Å². The molecule has 1 atom stereocenters. The maximum absolute atomic E-state index is 13.9. The number of alkyl halides is 3. The fourth-order valence-corrected chi connectivity index (χ4v) is 3.01. The molecule has 1 unspecified atom stereocenters. The predicted octanol–water partition coefficient (Wildman–Crippen LogP) is 3.12. The van der Waals surface area contributed by atoms with E-state index in [0.29, 0.717) is 31.4 Å². The number of ether oxygens (including phenoxy) is 1. The van der Waals surface area contributed by atoms with Crippen LogP contribution in [0, 0.1) is 5.82 Å².